The summed E-state index contributed by atoms with van der Waals surface area (Å²) < 4.78 is 37.2. The fourth-order valence-corrected chi connectivity index (χ4v) is 5.47. The summed E-state index contributed by atoms with van der Waals surface area (Å²) in [6.45, 7) is 7.81. The second kappa shape index (κ2) is 12.3. The van der Waals surface area contributed by atoms with Gasteiger partial charge in [-0.3, -0.25) is 9.69 Å². The monoisotopic (exact) mass is 548 g/mol. The van der Waals surface area contributed by atoms with Crippen LogP contribution < -0.4 is 5.32 Å². The highest BCUT2D eigenvalue weighted by Gasteiger charge is 2.54. The summed E-state index contributed by atoms with van der Waals surface area (Å²) in [4.78, 5) is 41.8. The van der Waals surface area contributed by atoms with Crippen LogP contribution in [0.25, 0.3) is 0 Å². The summed E-state index contributed by atoms with van der Waals surface area (Å²) in [6, 6.07) is 7.23. The van der Waals surface area contributed by atoms with Crippen molar-refractivity contribution in [2.45, 2.75) is 38.4 Å². The third-order valence-corrected chi connectivity index (χ3v) is 7.40. The van der Waals surface area contributed by atoms with Gasteiger partial charge in [0.2, 0.25) is 5.91 Å². The number of amides is 3. The molecule has 3 aliphatic heterocycles. The van der Waals surface area contributed by atoms with Gasteiger partial charge in [-0.05, 0) is 50.6 Å². The van der Waals surface area contributed by atoms with E-state index in [4.69, 9.17) is 26.2 Å². The topological polar surface area (TPSA) is 102 Å². The maximum Gasteiger partial charge on any atom is 0.490 e. The zero-order valence-electron chi connectivity index (χ0n) is 20.6. The molecule has 0 spiro atoms. The third-order valence-electron chi connectivity index (χ3n) is 7.16. The van der Waals surface area contributed by atoms with E-state index in [1.165, 1.54) is 0 Å². The van der Waals surface area contributed by atoms with E-state index >= 15 is 0 Å². The summed E-state index contributed by atoms with van der Waals surface area (Å²) in [5, 5.41) is 10.7. The van der Waals surface area contributed by atoms with Gasteiger partial charge in [0, 0.05) is 42.9 Å². The molecule has 2 N–H and O–H groups in total. The Kier molecular flexibility index (Phi) is 9.65. The van der Waals surface area contributed by atoms with E-state index in [0.717, 1.165) is 25.9 Å². The molecule has 13 heteroatoms. The predicted octanol–water partition coefficient (Wildman–Crippen LogP) is 3.54. The number of hydrogen-bond donors (Lipinski definition) is 2. The molecule has 0 saturated carbocycles. The van der Waals surface area contributed by atoms with Crippen LogP contribution in [0.3, 0.4) is 0 Å². The van der Waals surface area contributed by atoms with Crippen LogP contribution in [0.1, 0.15) is 26.2 Å². The fourth-order valence-electron chi connectivity index (χ4n) is 5.28. The molecule has 3 fully saturated rings. The minimum Gasteiger partial charge on any atom is -0.475 e. The van der Waals surface area contributed by atoms with Crippen molar-refractivity contribution in [1.82, 2.24) is 14.7 Å². The second-order valence-electron chi connectivity index (χ2n) is 9.22. The Bertz CT molecular complexity index is 976. The van der Waals surface area contributed by atoms with E-state index in [-0.39, 0.29) is 18.0 Å². The summed E-state index contributed by atoms with van der Waals surface area (Å²) in [5.74, 6) is -2.50. The van der Waals surface area contributed by atoms with Crippen molar-refractivity contribution in [3.8, 4) is 0 Å². The number of rotatable bonds is 3. The molecule has 0 aliphatic carbocycles. The Morgan fingerprint density at radius 1 is 1.11 bits per heavy atom. The molecule has 3 aliphatic rings. The van der Waals surface area contributed by atoms with E-state index in [1.54, 1.807) is 12.1 Å². The van der Waals surface area contributed by atoms with Gasteiger partial charge in [0.1, 0.15) is 0 Å². The molecule has 37 heavy (non-hydrogen) atoms. The molecule has 3 amide bonds. The van der Waals surface area contributed by atoms with Gasteiger partial charge in [-0.2, -0.15) is 13.2 Å². The smallest absolute Gasteiger partial charge is 0.475 e. The number of carbonyl (C=O) groups is 3. The molecule has 3 heterocycles. The lowest BCUT2D eigenvalue weighted by Crippen LogP contribution is -2.53. The van der Waals surface area contributed by atoms with Gasteiger partial charge in [0.25, 0.3) is 0 Å². The number of carbonyl (C=O) groups excluding carboxylic acids is 2. The van der Waals surface area contributed by atoms with Crippen LogP contribution in [-0.4, -0.2) is 102 Å². The third kappa shape index (κ3) is 7.05. The standard InChI is InChI=1S/C22H31ClN4O3.C2HF3O2/c1-2-25-10-7-22(20(28)26-12-14-30-15-13-26)8-11-27(9-6-19(22)25)21(29)24-18-5-3-4-17(23)16-18;3-2(4,5)1(6)7/h3-5,16,19H,2,6-15H2,1H3,(H,24,29);(H,6,7)/t19-,22-;/m1./s1. The van der Waals surface area contributed by atoms with E-state index in [2.05, 4.69) is 17.1 Å². The van der Waals surface area contributed by atoms with E-state index < -0.39 is 17.6 Å². The molecule has 0 unspecified atom stereocenters. The number of benzene rings is 1. The first-order valence-corrected chi connectivity index (χ1v) is 12.6. The van der Waals surface area contributed by atoms with Crippen molar-refractivity contribution in [3.05, 3.63) is 29.3 Å². The van der Waals surface area contributed by atoms with Crippen LogP contribution in [0.5, 0.6) is 0 Å². The Morgan fingerprint density at radius 2 is 1.76 bits per heavy atom. The Hall–Kier alpha value is -2.57. The van der Waals surface area contributed by atoms with Gasteiger partial charge in [0.15, 0.2) is 0 Å². The number of aliphatic carboxylic acids is 1. The van der Waals surface area contributed by atoms with Gasteiger partial charge < -0.3 is 25.0 Å². The maximum absolute atomic E-state index is 13.7. The van der Waals surface area contributed by atoms with Crippen LogP contribution in [0, 0.1) is 5.41 Å². The van der Waals surface area contributed by atoms with E-state index in [0.29, 0.717) is 56.5 Å². The minimum absolute atomic E-state index is 0.130. The number of hydrogen-bond acceptors (Lipinski definition) is 5. The molecule has 1 aromatic rings. The highest BCUT2D eigenvalue weighted by atomic mass is 35.5. The quantitative estimate of drug-likeness (QED) is 0.599. The molecule has 2 atom stereocenters. The lowest BCUT2D eigenvalue weighted by Gasteiger charge is -2.40. The largest absolute Gasteiger partial charge is 0.490 e. The zero-order chi connectivity index (χ0) is 27.2. The number of fused-ring (bicyclic) bond motifs is 1. The molecule has 9 nitrogen and oxygen atoms in total. The van der Waals surface area contributed by atoms with Gasteiger partial charge in [-0.1, -0.05) is 24.6 Å². The van der Waals surface area contributed by atoms with Crippen LogP contribution in [0.2, 0.25) is 5.02 Å². The molecular formula is C24H32ClF3N4O5. The summed E-state index contributed by atoms with van der Waals surface area (Å²) in [5.41, 5.74) is 0.282. The Morgan fingerprint density at radius 3 is 2.35 bits per heavy atom. The number of carboxylic acid groups (broad SMARTS) is 1. The summed E-state index contributed by atoms with van der Waals surface area (Å²) in [7, 11) is 0. The first-order valence-electron chi connectivity index (χ1n) is 12.2. The number of alkyl halides is 3. The van der Waals surface area contributed by atoms with Crippen molar-refractivity contribution >= 4 is 35.2 Å². The number of morpholine rings is 1. The van der Waals surface area contributed by atoms with Crippen LogP contribution in [0.4, 0.5) is 23.7 Å². The van der Waals surface area contributed by atoms with Gasteiger partial charge >= 0.3 is 18.2 Å². The van der Waals surface area contributed by atoms with Crippen molar-refractivity contribution in [3.63, 3.8) is 0 Å². The van der Waals surface area contributed by atoms with Crippen molar-refractivity contribution in [1.29, 1.82) is 0 Å². The van der Waals surface area contributed by atoms with Crippen LogP contribution in [0.15, 0.2) is 24.3 Å². The number of nitrogens with one attached hydrogen (secondary N) is 1. The van der Waals surface area contributed by atoms with Crippen LogP contribution in [-0.2, 0) is 14.3 Å². The van der Waals surface area contributed by atoms with Gasteiger partial charge in [-0.15, -0.1) is 0 Å². The summed E-state index contributed by atoms with van der Waals surface area (Å²) in [6.07, 6.45) is -2.70. The predicted molar refractivity (Wildman–Crippen MR) is 130 cm³/mol. The molecule has 3 saturated heterocycles. The number of nitrogens with zero attached hydrogens (tertiary/aromatic N) is 3. The molecule has 4 rings (SSSR count). The van der Waals surface area contributed by atoms with Crippen molar-refractivity contribution < 1.29 is 37.4 Å². The van der Waals surface area contributed by atoms with E-state index in [1.807, 2.05) is 21.9 Å². The normalized spacial score (nSPS) is 24.4. The lowest BCUT2D eigenvalue weighted by molar-refractivity contribution is -0.192. The first kappa shape index (κ1) is 29.0. The average Bonchev–Trinajstić information content (AvgIpc) is 3.10. The summed E-state index contributed by atoms with van der Waals surface area (Å²) >= 11 is 6.04. The van der Waals surface area contributed by atoms with Crippen LogP contribution >= 0.6 is 11.6 Å². The second-order valence-corrected chi connectivity index (χ2v) is 9.66. The molecule has 206 valence electrons. The molecule has 0 aromatic heterocycles. The molecular weight excluding hydrogens is 517 g/mol. The van der Waals surface area contributed by atoms with Crippen molar-refractivity contribution in [2.75, 3.05) is 57.8 Å². The number of carboxylic acids is 1. The number of urea groups is 1. The van der Waals surface area contributed by atoms with Crippen molar-refractivity contribution in [2.24, 2.45) is 5.41 Å². The zero-order valence-corrected chi connectivity index (χ0v) is 21.4. The number of halogens is 4. The highest BCUT2D eigenvalue weighted by Crippen LogP contribution is 2.45. The van der Waals surface area contributed by atoms with E-state index in [9.17, 15) is 22.8 Å². The lowest BCUT2D eigenvalue weighted by atomic mass is 9.75. The molecule has 0 radical (unpaired) electrons. The van der Waals surface area contributed by atoms with Gasteiger partial charge in [-0.25, -0.2) is 9.59 Å². The maximum atomic E-state index is 13.7. The first-order chi connectivity index (χ1) is 17.5. The number of ether oxygens (including phenoxy) is 1. The molecule has 0 bridgehead atoms. The SMILES string of the molecule is CCN1CC[C@@]2(C(=O)N3CCOCC3)CCN(C(=O)Nc3cccc(Cl)c3)CC[C@@H]12.O=C(O)C(F)(F)F. The Labute approximate surface area is 218 Å². The van der Waals surface area contributed by atoms with Gasteiger partial charge in [0.05, 0.1) is 18.6 Å². The fraction of sp³-hybridized carbons (Fsp3) is 0.625. The highest BCUT2D eigenvalue weighted by molar-refractivity contribution is 6.30. The minimum atomic E-state index is -5.08. The average molecular weight is 549 g/mol. The molecule has 1 aromatic carbocycles. The number of likely N-dealkylation sites (tertiary alicyclic amines) is 2. The Balaban J connectivity index is 0.000000479. The number of anilines is 1.